The van der Waals surface area contributed by atoms with Gasteiger partial charge in [0.15, 0.2) is 0 Å². The normalized spacial score (nSPS) is 20.8. The van der Waals surface area contributed by atoms with Crippen molar-refractivity contribution >= 4 is 5.91 Å². The molecule has 0 heterocycles. The molecule has 1 aromatic rings. The van der Waals surface area contributed by atoms with Crippen LogP contribution >= 0.6 is 0 Å². The zero-order valence-corrected chi connectivity index (χ0v) is 11.8. The minimum Gasteiger partial charge on any atom is -0.497 e. The molecule has 0 saturated heterocycles. The molecule has 2 unspecified atom stereocenters. The topological polar surface area (TPSA) is 73.6 Å². The van der Waals surface area contributed by atoms with Gasteiger partial charge in [-0.15, -0.1) is 0 Å². The molecular weight excluding hydrogens is 256 g/mol. The van der Waals surface area contributed by atoms with Crippen molar-refractivity contribution in [3.8, 4) is 11.5 Å². The Labute approximate surface area is 118 Å². The third-order valence-corrected chi connectivity index (χ3v) is 3.39. The number of methoxy groups -OCH3 is 2. The van der Waals surface area contributed by atoms with Crippen LogP contribution in [0, 0.1) is 5.92 Å². The zero-order chi connectivity index (χ0) is 14.5. The maximum Gasteiger partial charge on any atom is 0.227 e. The van der Waals surface area contributed by atoms with E-state index in [9.17, 15) is 4.79 Å². The van der Waals surface area contributed by atoms with Gasteiger partial charge >= 0.3 is 0 Å². The summed E-state index contributed by atoms with van der Waals surface area (Å²) in [7, 11) is 3.21. The SMILES string of the molecule is COc1ccc(OC)c(CNC(=O)C2C=CC(N)C2)c1. The Hall–Kier alpha value is -2.01. The molecule has 5 nitrogen and oxygen atoms in total. The average molecular weight is 276 g/mol. The Morgan fingerprint density at radius 3 is 2.75 bits per heavy atom. The van der Waals surface area contributed by atoms with Crippen molar-refractivity contribution in [3.63, 3.8) is 0 Å². The van der Waals surface area contributed by atoms with E-state index >= 15 is 0 Å². The fourth-order valence-electron chi connectivity index (χ4n) is 2.26. The lowest BCUT2D eigenvalue weighted by molar-refractivity contribution is -0.123. The molecule has 0 aromatic heterocycles. The summed E-state index contributed by atoms with van der Waals surface area (Å²) < 4.78 is 10.5. The molecular formula is C15H20N2O3. The number of carbonyl (C=O) groups is 1. The predicted molar refractivity (Wildman–Crippen MR) is 76.6 cm³/mol. The molecule has 1 aliphatic carbocycles. The van der Waals surface area contributed by atoms with Crippen LogP contribution in [-0.2, 0) is 11.3 Å². The van der Waals surface area contributed by atoms with E-state index in [1.807, 2.05) is 30.4 Å². The molecule has 0 radical (unpaired) electrons. The lowest BCUT2D eigenvalue weighted by Crippen LogP contribution is -2.30. The van der Waals surface area contributed by atoms with Crippen molar-refractivity contribution in [2.75, 3.05) is 14.2 Å². The fraction of sp³-hybridized carbons (Fsp3) is 0.400. The minimum absolute atomic E-state index is 0.0147. The molecule has 1 aliphatic rings. The van der Waals surface area contributed by atoms with Gasteiger partial charge in [-0.2, -0.15) is 0 Å². The van der Waals surface area contributed by atoms with Gasteiger partial charge in [-0.3, -0.25) is 4.79 Å². The number of benzene rings is 1. The van der Waals surface area contributed by atoms with E-state index in [-0.39, 0.29) is 17.9 Å². The largest absolute Gasteiger partial charge is 0.497 e. The summed E-state index contributed by atoms with van der Waals surface area (Å²) in [6, 6.07) is 5.49. The first-order valence-electron chi connectivity index (χ1n) is 6.56. The third kappa shape index (κ3) is 3.30. The highest BCUT2D eigenvalue weighted by molar-refractivity contribution is 5.81. The summed E-state index contributed by atoms with van der Waals surface area (Å²) in [5.74, 6) is 1.31. The van der Waals surface area contributed by atoms with Gasteiger partial charge < -0.3 is 20.5 Å². The highest BCUT2D eigenvalue weighted by Gasteiger charge is 2.22. The van der Waals surface area contributed by atoms with Crippen molar-refractivity contribution in [2.24, 2.45) is 11.7 Å². The quantitative estimate of drug-likeness (QED) is 0.793. The summed E-state index contributed by atoms with van der Waals surface area (Å²) >= 11 is 0. The number of amides is 1. The van der Waals surface area contributed by atoms with E-state index in [2.05, 4.69) is 5.32 Å². The first-order valence-corrected chi connectivity index (χ1v) is 6.56. The lowest BCUT2D eigenvalue weighted by Gasteiger charge is -2.13. The highest BCUT2D eigenvalue weighted by atomic mass is 16.5. The van der Waals surface area contributed by atoms with Gasteiger partial charge in [-0.25, -0.2) is 0 Å². The number of nitrogens with one attached hydrogen (secondary N) is 1. The van der Waals surface area contributed by atoms with Crippen LogP contribution in [0.5, 0.6) is 11.5 Å². The monoisotopic (exact) mass is 276 g/mol. The predicted octanol–water partition coefficient (Wildman–Crippen LogP) is 1.22. The summed E-state index contributed by atoms with van der Waals surface area (Å²) in [5.41, 5.74) is 6.63. The summed E-state index contributed by atoms with van der Waals surface area (Å²) in [6.45, 7) is 0.402. The van der Waals surface area contributed by atoms with Crippen molar-refractivity contribution in [3.05, 3.63) is 35.9 Å². The Morgan fingerprint density at radius 1 is 1.35 bits per heavy atom. The first-order chi connectivity index (χ1) is 9.63. The second-order valence-electron chi connectivity index (χ2n) is 4.79. The molecule has 2 rings (SSSR count). The molecule has 2 atom stereocenters. The number of nitrogens with two attached hydrogens (primary N) is 1. The van der Waals surface area contributed by atoms with Gasteiger partial charge in [0.1, 0.15) is 11.5 Å². The standard InChI is InChI=1S/C15H20N2O3/c1-19-13-5-6-14(20-2)11(8-13)9-17-15(18)10-3-4-12(16)7-10/h3-6,8,10,12H,7,9,16H2,1-2H3,(H,17,18). The molecule has 3 N–H and O–H groups in total. The second-order valence-corrected chi connectivity index (χ2v) is 4.79. The van der Waals surface area contributed by atoms with E-state index in [0.29, 0.717) is 13.0 Å². The zero-order valence-electron chi connectivity index (χ0n) is 11.8. The van der Waals surface area contributed by atoms with E-state index in [4.69, 9.17) is 15.2 Å². The van der Waals surface area contributed by atoms with Crippen LogP contribution in [0.2, 0.25) is 0 Å². The van der Waals surface area contributed by atoms with E-state index < -0.39 is 0 Å². The van der Waals surface area contributed by atoms with Crippen LogP contribution in [0.4, 0.5) is 0 Å². The van der Waals surface area contributed by atoms with E-state index in [1.165, 1.54) is 0 Å². The highest BCUT2D eigenvalue weighted by Crippen LogP contribution is 2.24. The van der Waals surface area contributed by atoms with Crippen LogP contribution in [0.3, 0.4) is 0 Å². The Bertz CT molecular complexity index is 514. The van der Waals surface area contributed by atoms with E-state index in [1.54, 1.807) is 14.2 Å². The molecule has 20 heavy (non-hydrogen) atoms. The molecule has 5 heteroatoms. The summed E-state index contributed by atoms with van der Waals surface area (Å²) in [4.78, 5) is 12.0. The van der Waals surface area contributed by atoms with Crippen molar-refractivity contribution < 1.29 is 14.3 Å². The van der Waals surface area contributed by atoms with E-state index in [0.717, 1.165) is 17.1 Å². The Balaban J connectivity index is 1.99. The lowest BCUT2D eigenvalue weighted by atomic mass is 10.1. The average Bonchev–Trinajstić information content (AvgIpc) is 2.91. The van der Waals surface area contributed by atoms with Gasteiger partial charge in [-0.1, -0.05) is 12.2 Å². The van der Waals surface area contributed by atoms with Crippen molar-refractivity contribution in [2.45, 2.75) is 19.0 Å². The van der Waals surface area contributed by atoms with Gasteiger partial charge in [0.25, 0.3) is 0 Å². The van der Waals surface area contributed by atoms with Crippen LogP contribution in [0.1, 0.15) is 12.0 Å². The van der Waals surface area contributed by atoms with Gasteiger partial charge in [-0.05, 0) is 24.6 Å². The van der Waals surface area contributed by atoms with Crippen LogP contribution in [0.15, 0.2) is 30.4 Å². The Kier molecular flexibility index (Phi) is 4.63. The second kappa shape index (κ2) is 6.43. The van der Waals surface area contributed by atoms with Crippen LogP contribution < -0.4 is 20.5 Å². The first kappa shape index (κ1) is 14.4. The van der Waals surface area contributed by atoms with Crippen molar-refractivity contribution in [1.82, 2.24) is 5.32 Å². The fourth-order valence-corrected chi connectivity index (χ4v) is 2.26. The Morgan fingerprint density at radius 2 is 2.15 bits per heavy atom. The maximum absolute atomic E-state index is 12.0. The number of hydrogen-bond acceptors (Lipinski definition) is 4. The molecule has 1 amide bonds. The summed E-state index contributed by atoms with van der Waals surface area (Å²) in [5, 5.41) is 2.91. The van der Waals surface area contributed by atoms with Crippen LogP contribution in [-0.4, -0.2) is 26.2 Å². The molecule has 1 aromatic carbocycles. The smallest absolute Gasteiger partial charge is 0.227 e. The number of carbonyl (C=O) groups excluding carboxylic acids is 1. The maximum atomic E-state index is 12.0. The number of hydrogen-bond donors (Lipinski definition) is 2. The molecule has 0 aliphatic heterocycles. The molecule has 0 fully saturated rings. The van der Waals surface area contributed by atoms with Gasteiger partial charge in [0.2, 0.25) is 5.91 Å². The minimum atomic E-state index is -0.137. The third-order valence-electron chi connectivity index (χ3n) is 3.39. The molecule has 0 spiro atoms. The molecule has 0 bridgehead atoms. The van der Waals surface area contributed by atoms with Crippen LogP contribution in [0.25, 0.3) is 0 Å². The molecule has 0 saturated carbocycles. The summed E-state index contributed by atoms with van der Waals surface area (Å²) in [6.07, 6.45) is 4.40. The van der Waals surface area contributed by atoms with Crippen molar-refractivity contribution in [1.29, 1.82) is 0 Å². The van der Waals surface area contributed by atoms with Gasteiger partial charge in [0, 0.05) is 18.2 Å². The molecule has 108 valence electrons. The number of ether oxygens (including phenoxy) is 2. The van der Waals surface area contributed by atoms with Gasteiger partial charge in [0.05, 0.1) is 20.1 Å². The number of rotatable bonds is 5.